The van der Waals surface area contributed by atoms with Crippen LogP contribution >= 0.6 is 0 Å². The molecule has 1 aliphatic heterocycles. The summed E-state index contributed by atoms with van der Waals surface area (Å²) in [5.41, 5.74) is -0.403. The van der Waals surface area contributed by atoms with Gasteiger partial charge in [0, 0.05) is 12.8 Å². The van der Waals surface area contributed by atoms with Gasteiger partial charge in [-0.2, -0.15) is 10.5 Å². The zero-order valence-electron chi connectivity index (χ0n) is 10.7. The largest absolute Gasteiger partial charge is 0.762 e. The summed E-state index contributed by atoms with van der Waals surface area (Å²) in [4.78, 5) is 0. The first kappa shape index (κ1) is 15.4. The highest BCUT2D eigenvalue weighted by molar-refractivity contribution is 5.71. The van der Waals surface area contributed by atoms with Gasteiger partial charge in [0.2, 0.25) is 0 Å². The van der Waals surface area contributed by atoms with Crippen molar-refractivity contribution in [1.29, 1.82) is 10.5 Å². The second-order valence-corrected chi connectivity index (χ2v) is 4.56. The minimum absolute atomic E-state index is 0.403. The van der Waals surface area contributed by atoms with E-state index in [4.69, 9.17) is 15.9 Å². The Morgan fingerprint density at radius 3 is 2.06 bits per heavy atom. The number of nitrogens with zero attached hydrogens (tertiary/aromatic N) is 4. The molecule has 92 valence electrons. The van der Waals surface area contributed by atoms with Crippen molar-refractivity contribution >= 4 is 5.87 Å². The maximum Gasteiger partial charge on any atom is 0.148 e. The van der Waals surface area contributed by atoms with Gasteiger partial charge in [0.05, 0.1) is 26.7 Å². The summed E-state index contributed by atoms with van der Waals surface area (Å²) in [6.07, 6.45) is 5.69. The topological polar surface area (TPSA) is 69.9 Å². The van der Waals surface area contributed by atoms with Crippen molar-refractivity contribution in [3.63, 3.8) is 0 Å². The molecule has 0 spiro atoms. The molecule has 17 heavy (non-hydrogen) atoms. The first-order valence-electron chi connectivity index (χ1n) is 6.02. The zero-order valence-corrected chi connectivity index (χ0v) is 10.7. The summed E-state index contributed by atoms with van der Waals surface area (Å²) in [5.74, 6) is 1.40. The van der Waals surface area contributed by atoms with Crippen LogP contribution in [-0.2, 0) is 0 Å². The monoisotopic (exact) mass is 232 g/mol. The molecule has 4 heteroatoms. The van der Waals surface area contributed by atoms with Crippen LogP contribution < -0.4 is 0 Å². The number of hydrogen-bond donors (Lipinski definition) is 0. The molecular formula is C13H20N4. The number of allylic oxidation sites excluding steroid dienone is 1. The summed E-state index contributed by atoms with van der Waals surface area (Å²) >= 11 is 0. The fourth-order valence-electron chi connectivity index (χ4n) is 1.94. The highest BCUT2D eigenvalue weighted by atomic mass is 15.3. The SMILES string of the molecule is CCCC[N+]1(C)CCCC1.N#CC(=C=[N-])C#N. The summed E-state index contributed by atoms with van der Waals surface area (Å²) in [6.45, 7) is 6.55. The molecule has 0 N–H and O–H groups in total. The second kappa shape index (κ2) is 8.53. The van der Waals surface area contributed by atoms with Crippen LogP contribution in [0.1, 0.15) is 32.6 Å². The first-order valence-corrected chi connectivity index (χ1v) is 6.02. The predicted octanol–water partition coefficient (Wildman–Crippen LogP) is 2.23. The molecule has 0 unspecified atom stereocenters. The lowest BCUT2D eigenvalue weighted by atomic mass is 10.3. The Hall–Kier alpha value is -1.61. The van der Waals surface area contributed by atoms with Crippen molar-refractivity contribution in [3.05, 3.63) is 11.0 Å². The molecule has 1 heterocycles. The van der Waals surface area contributed by atoms with Gasteiger partial charge in [0.15, 0.2) is 0 Å². The maximum atomic E-state index is 7.79. The van der Waals surface area contributed by atoms with Crippen LogP contribution in [0.15, 0.2) is 5.57 Å². The Morgan fingerprint density at radius 2 is 1.76 bits per heavy atom. The average Bonchev–Trinajstić information content (AvgIpc) is 2.77. The summed E-state index contributed by atoms with van der Waals surface area (Å²) in [7, 11) is 2.41. The molecule has 1 aliphatic rings. The van der Waals surface area contributed by atoms with Crippen molar-refractivity contribution in [2.45, 2.75) is 32.6 Å². The maximum absolute atomic E-state index is 7.79. The molecule has 0 aromatic rings. The lowest BCUT2D eigenvalue weighted by Gasteiger charge is -2.28. The number of rotatable bonds is 3. The highest BCUT2D eigenvalue weighted by Crippen LogP contribution is 2.16. The summed E-state index contributed by atoms with van der Waals surface area (Å²) in [5, 5.41) is 23.4. The lowest BCUT2D eigenvalue weighted by molar-refractivity contribution is -0.897. The molecule has 4 nitrogen and oxygen atoms in total. The average molecular weight is 232 g/mol. The van der Waals surface area contributed by atoms with Crippen molar-refractivity contribution < 1.29 is 4.48 Å². The standard InChI is InChI=1S/C9H20N.C4N3/c1-3-4-7-10(2)8-5-6-9-10;5-1-4(2-6)3-7/h3-9H2,1-2H3;/q+1;-1. The predicted molar refractivity (Wildman–Crippen MR) is 68.0 cm³/mol. The van der Waals surface area contributed by atoms with E-state index in [1.54, 1.807) is 0 Å². The molecule has 1 rings (SSSR count). The number of quaternary nitrogens is 1. The quantitative estimate of drug-likeness (QED) is 0.425. The lowest BCUT2D eigenvalue weighted by Crippen LogP contribution is -2.41. The van der Waals surface area contributed by atoms with E-state index < -0.39 is 5.57 Å². The third-order valence-electron chi connectivity index (χ3n) is 3.03. The van der Waals surface area contributed by atoms with Crippen LogP contribution in [0.25, 0.3) is 5.41 Å². The van der Waals surface area contributed by atoms with Crippen molar-refractivity contribution in [1.82, 2.24) is 0 Å². The Kier molecular flexibility index (Phi) is 7.72. The Labute approximate surface area is 104 Å². The van der Waals surface area contributed by atoms with Gasteiger partial charge in [-0.05, 0) is 6.42 Å². The van der Waals surface area contributed by atoms with Gasteiger partial charge in [0.25, 0.3) is 0 Å². The molecule has 0 atom stereocenters. The summed E-state index contributed by atoms with van der Waals surface area (Å²) < 4.78 is 1.36. The van der Waals surface area contributed by atoms with E-state index in [0.717, 1.165) is 0 Å². The fourth-order valence-corrected chi connectivity index (χ4v) is 1.94. The second-order valence-electron chi connectivity index (χ2n) is 4.56. The smallest absolute Gasteiger partial charge is 0.148 e. The summed E-state index contributed by atoms with van der Waals surface area (Å²) in [6, 6.07) is 2.79. The van der Waals surface area contributed by atoms with E-state index in [9.17, 15) is 0 Å². The highest BCUT2D eigenvalue weighted by Gasteiger charge is 2.25. The molecule has 0 radical (unpaired) electrons. The van der Waals surface area contributed by atoms with E-state index in [2.05, 4.69) is 14.0 Å². The van der Waals surface area contributed by atoms with Gasteiger partial charge in [-0.1, -0.05) is 13.3 Å². The Balaban J connectivity index is 0.000000325. The van der Waals surface area contributed by atoms with Crippen LogP contribution in [0.3, 0.4) is 0 Å². The normalized spacial score (nSPS) is 15.8. The van der Waals surface area contributed by atoms with Gasteiger partial charge >= 0.3 is 0 Å². The molecule has 1 fully saturated rings. The van der Waals surface area contributed by atoms with E-state index >= 15 is 0 Å². The van der Waals surface area contributed by atoms with Crippen molar-refractivity contribution in [2.75, 3.05) is 26.7 Å². The Bertz CT molecular complexity index is 331. The van der Waals surface area contributed by atoms with Crippen LogP contribution in [-0.4, -0.2) is 37.0 Å². The van der Waals surface area contributed by atoms with Crippen LogP contribution in [0.5, 0.6) is 0 Å². The van der Waals surface area contributed by atoms with E-state index in [1.165, 1.54) is 67.8 Å². The van der Waals surface area contributed by atoms with Gasteiger partial charge in [0.1, 0.15) is 17.7 Å². The third kappa shape index (κ3) is 6.53. The molecule has 0 bridgehead atoms. The van der Waals surface area contributed by atoms with E-state index in [0.29, 0.717) is 0 Å². The van der Waals surface area contributed by atoms with Crippen molar-refractivity contribution in [2.24, 2.45) is 0 Å². The molecule has 0 amide bonds. The number of likely N-dealkylation sites (tertiary alicyclic amines) is 1. The van der Waals surface area contributed by atoms with E-state index in [-0.39, 0.29) is 0 Å². The van der Waals surface area contributed by atoms with Gasteiger partial charge in [-0.15, -0.1) is 0 Å². The van der Waals surface area contributed by atoms with Gasteiger partial charge in [-0.3, -0.25) is 0 Å². The first-order chi connectivity index (χ1) is 8.11. The number of unbranched alkanes of at least 4 members (excludes halogenated alkanes) is 1. The van der Waals surface area contributed by atoms with Crippen molar-refractivity contribution in [3.8, 4) is 12.1 Å². The molecule has 0 aliphatic carbocycles. The van der Waals surface area contributed by atoms with Crippen LogP contribution in [0.2, 0.25) is 0 Å². The van der Waals surface area contributed by atoms with E-state index in [1.807, 2.05) is 0 Å². The van der Waals surface area contributed by atoms with Crippen LogP contribution in [0, 0.1) is 22.7 Å². The Morgan fingerprint density at radius 1 is 1.24 bits per heavy atom. The van der Waals surface area contributed by atoms with Gasteiger partial charge < -0.3 is 9.89 Å². The van der Waals surface area contributed by atoms with Gasteiger partial charge in [-0.25, -0.2) is 5.87 Å². The number of hydrogen-bond acceptors (Lipinski definition) is 2. The molecule has 0 saturated carbocycles. The minimum Gasteiger partial charge on any atom is -0.762 e. The zero-order chi connectivity index (χ0) is 13.1. The third-order valence-corrected chi connectivity index (χ3v) is 3.03. The van der Waals surface area contributed by atoms with Crippen LogP contribution in [0.4, 0.5) is 0 Å². The molecule has 0 aromatic carbocycles. The molecular weight excluding hydrogens is 212 g/mol. The molecule has 1 saturated heterocycles. The number of nitriles is 2. The fraction of sp³-hybridized carbons (Fsp3) is 0.692. The molecule has 0 aromatic heterocycles. The minimum atomic E-state index is -0.403.